The highest BCUT2D eigenvalue weighted by Crippen LogP contribution is 1.97. The molecule has 1 aliphatic heterocycles. The zero-order valence-electron chi connectivity index (χ0n) is 11.4. The van der Waals surface area contributed by atoms with E-state index in [1.165, 1.54) is 0 Å². The van der Waals surface area contributed by atoms with Crippen LogP contribution in [0.5, 0.6) is 0 Å². The van der Waals surface area contributed by atoms with Crippen molar-refractivity contribution in [3.63, 3.8) is 0 Å². The summed E-state index contributed by atoms with van der Waals surface area (Å²) in [6.07, 6.45) is 2.48. The number of hydrogen-bond donors (Lipinski definition) is 1. The molecular weight excluding hydrogens is 216 g/mol. The summed E-state index contributed by atoms with van der Waals surface area (Å²) in [5.74, 6) is 0. The Morgan fingerprint density at radius 1 is 1.18 bits per heavy atom. The van der Waals surface area contributed by atoms with Gasteiger partial charge in [-0.15, -0.1) is 0 Å². The number of hydrogen-bond acceptors (Lipinski definition) is 4. The van der Waals surface area contributed by atoms with Gasteiger partial charge in [-0.2, -0.15) is 0 Å². The first-order chi connectivity index (χ1) is 8.33. The number of rotatable bonds is 9. The Morgan fingerprint density at radius 2 is 1.94 bits per heavy atom. The van der Waals surface area contributed by atoms with Gasteiger partial charge in [0.2, 0.25) is 0 Å². The van der Waals surface area contributed by atoms with E-state index < -0.39 is 0 Å². The predicted octanol–water partition coefficient (Wildman–Crippen LogP) is 1.11. The van der Waals surface area contributed by atoms with Crippen LogP contribution in [0.25, 0.3) is 0 Å². The van der Waals surface area contributed by atoms with Crippen LogP contribution < -0.4 is 5.32 Å². The summed E-state index contributed by atoms with van der Waals surface area (Å²) < 4.78 is 11.2. The zero-order valence-corrected chi connectivity index (χ0v) is 11.4. The summed E-state index contributed by atoms with van der Waals surface area (Å²) in [6, 6.07) is 0. The third-order valence-corrected chi connectivity index (χ3v) is 3.17. The molecule has 1 heterocycles. The second-order valence-electron chi connectivity index (χ2n) is 4.65. The Labute approximate surface area is 106 Å². The number of ether oxygens (including phenoxy) is 2. The molecule has 4 nitrogen and oxygen atoms in total. The molecule has 0 aromatic heterocycles. The number of piperazine rings is 1. The number of nitrogens with zero attached hydrogens (tertiary/aromatic N) is 1. The van der Waals surface area contributed by atoms with Crippen molar-refractivity contribution in [1.82, 2.24) is 10.2 Å². The monoisotopic (exact) mass is 244 g/mol. The zero-order chi connectivity index (χ0) is 12.3. The van der Waals surface area contributed by atoms with Crippen LogP contribution >= 0.6 is 0 Å². The molecule has 0 bridgehead atoms. The second-order valence-corrected chi connectivity index (χ2v) is 4.65. The van der Waals surface area contributed by atoms with Gasteiger partial charge in [0.1, 0.15) is 0 Å². The van der Waals surface area contributed by atoms with E-state index in [0.29, 0.717) is 6.10 Å². The average Bonchev–Trinajstić information content (AvgIpc) is 2.38. The maximum absolute atomic E-state index is 5.61. The Hall–Kier alpha value is -0.160. The van der Waals surface area contributed by atoms with E-state index in [0.717, 1.165) is 65.4 Å². The van der Waals surface area contributed by atoms with Gasteiger partial charge in [-0.05, 0) is 19.8 Å². The van der Waals surface area contributed by atoms with Gasteiger partial charge in [-0.25, -0.2) is 0 Å². The van der Waals surface area contributed by atoms with E-state index in [9.17, 15) is 0 Å². The Morgan fingerprint density at radius 3 is 2.65 bits per heavy atom. The minimum absolute atomic E-state index is 0.385. The molecule has 0 aromatic rings. The summed E-state index contributed by atoms with van der Waals surface area (Å²) in [7, 11) is 0. The van der Waals surface area contributed by atoms with Crippen molar-refractivity contribution in [2.45, 2.75) is 32.8 Å². The molecule has 0 aromatic carbocycles. The average molecular weight is 244 g/mol. The topological polar surface area (TPSA) is 33.7 Å². The van der Waals surface area contributed by atoms with Crippen molar-refractivity contribution in [3.8, 4) is 0 Å². The van der Waals surface area contributed by atoms with Crippen molar-refractivity contribution < 1.29 is 9.47 Å². The molecule has 4 heteroatoms. The van der Waals surface area contributed by atoms with Crippen LogP contribution in [0, 0.1) is 0 Å². The molecular formula is C13H28N2O2. The van der Waals surface area contributed by atoms with E-state index in [1.807, 2.05) is 0 Å². The summed E-state index contributed by atoms with van der Waals surface area (Å²) >= 11 is 0. The summed E-state index contributed by atoms with van der Waals surface area (Å²) in [5.41, 5.74) is 0. The lowest BCUT2D eigenvalue weighted by Gasteiger charge is -2.26. The highest BCUT2D eigenvalue weighted by atomic mass is 16.5. The van der Waals surface area contributed by atoms with Gasteiger partial charge in [0, 0.05) is 45.9 Å². The highest BCUT2D eigenvalue weighted by molar-refractivity contribution is 4.66. The molecule has 1 atom stereocenters. The largest absolute Gasteiger partial charge is 0.380 e. The van der Waals surface area contributed by atoms with Crippen LogP contribution in [-0.4, -0.2) is 63.5 Å². The van der Waals surface area contributed by atoms with Crippen molar-refractivity contribution in [1.29, 1.82) is 0 Å². The van der Waals surface area contributed by atoms with Gasteiger partial charge in [0.05, 0.1) is 12.7 Å². The lowest BCUT2D eigenvalue weighted by atomic mass is 10.3. The molecule has 0 aliphatic carbocycles. The predicted molar refractivity (Wildman–Crippen MR) is 70.5 cm³/mol. The molecule has 1 saturated heterocycles. The lowest BCUT2D eigenvalue weighted by Crippen LogP contribution is -2.44. The number of nitrogens with one attached hydrogen (secondary N) is 1. The van der Waals surface area contributed by atoms with E-state index in [4.69, 9.17) is 9.47 Å². The van der Waals surface area contributed by atoms with Crippen molar-refractivity contribution in [2.24, 2.45) is 0 Å². The van der Waals surface area contributed by atoms with Crippen LogP contribution in [0.4, 0.5) is 0 Å². The van der Waals surface area contributed by atoms with Crippen molar-refractivity contribution >= 4 is 0 Å². The molecule has 1 unspecified atom stereocenters. The molecule has 0 radical (unpaired) electrons. The van der Waals surface area contributed by atoms with Crippen LogP contribution in [0.2, 0.25) is 0 Å². The van der Waals surface area contributed by atoms with Gasteiger partial charge in [0.15, 0.2) is 0 Å². The molecule has 0 saturated carbocycles. The van der Waals surface area contributed by atoms with Gasteiger partial charge in [0.25, 0.3) is 0 Å². The van der Waals surface area contributed by atoms with Crippen LogP contribution in [0.3, 0.4) is 0 Å². The second kappa shape index (κ2) is 9.83. The molecule has 102 valence electrons. The summed E-state index contributed by atoms with van der Waals surface area (Å²) in [6.45, 7) is 12.4. The first kappa shape index (κ1) is 14.9. The molecule has 17 heavy (non-hydrogen) atoms. The molecule has 1 rings (SSSR count). The van der Waals surface area contributed by atoms with E-state index in [1.54, 1.807) is 0 Å². The van der Waals surface area contributed by atoms with Crippen molar-refractivity contribution in [2.75, 3.05) is 52.5 Å². The molecule has 1 N–H and O–H groups in total. The molecule has 1 fully saturated rings. The minimum atomic E-state index is 0.385. The SMILES string of the molecule is CCC(C)OCCCOCCN1CCNCC1. The quantitative estimate of drug-likeness (QED) is 0.616. The first-order valence-corrected chi connectivity index (χ1v) is 6.95. The molecule has 0 spiro atoms. The van der Waals surface area contributed by atoms with Crippen LogP contribution in [0.1, 0.15) is 26.7 Å². The maximum atomic E-state index is 5.61. The van der Waals surface area contributed by atoms with Crippen LogP contribution in [-0.2, 0) is 9.47 Å². The van der Waals surface area contributed by atoms with E-state index in [-0.39, 0.29) is 0 Å². The fourth-order valence-electron chi connectivity index (χ4n) is 1.79. The summed E-state index contributed by atoms with van der Waals surface area (Å²) in [4.78, 5) is 2.45. The van der Waals surface area contributed by atoms with Gasteiger partial charge in [-0.1, -0.05) is 6.92 Å². The molecule has 0 amide bonds. The smallest absolute Gasteiger partial charge is 0.0593 e. The lowest BCUT2D eigenvalue weighted by molar-refractivity contribution is 0.0364. The normalized spacial score (nSPS) is 19.4. The van der Waals surface area contributed by atoms with E-state index >= 15 is 0 Å². The Bertz CT molecular complexity index is 173. The molecule has 1 aliphatic rings. The Kier molecular flexibility index (Phi) is 8.61. The third-order valence-electron chi connectivity index (χ3n) is 3.17. The van der Waals surface area contributed by atoms with Crippen LogP contribution in [0.15, 0.2) is 0 Å². The van der Waals surface area contributed by atoms with Gasteiger partial charge >= 0.3 is 0 Å². The standard InChI is InChI=1S/C13H28N2O2/c1-3-13(2)17-11-4-10-16-12-9-15-7-5-14-6-8-15/h13-14H,3-12H2,1-2H3. The fourth-order valence-corrected chi connectivity index (χ4v) is 1.79. The first-order valence-electron chi connectivity index (χ1n) is 6.95. The van der Waals surface area contributed by atoms with Crippen molar-refractivity contribution in [3.05, 3.63) is 0 Å². The van der Waals surface area contributed by atoms with E-state index in [2.05, 4.69) is 24.1 Å². The highest BCUT2D eigenvalue weighted by Gasteiger charge is 2.08. The summed E-state index contributed by atoms with van der Waals surface area (Å²) in [5, 5.41) is 3.35. The minimum Gasteiger partial charge on any atom is -0.380 e. The van der Waals surface area contributed by atoms with Gasteiger partial charge in [-0.3, -0.25) is 4.90 Å². The van der Waals surface area contributed by atoms with Gasteiger partial charge < -0.3 is 14.8 Å². The fraction of sp³-hybridized carbons (Fsp3) is 1.00. The third kappa shape index (κ3) is 7.71. The Balaban J connectivity index is 1.80. The maximum Gasteiger partial charge on any atom is 0.0593 e.